The summed E-state index contributed by atoms with van der Waals surface area (Å²) in [4.78, 5) is 20.7. The number of rotatable bonds is 8. The third-order valence-corrected chi connectivity index (χ3v) is 6.08. The largest absolute Gasteiger partial charge is 0.378 e. The summed E-state index contributed by atoms with van der Waals surface area (Å²) in [5, 5.41) is 7.01. The highest BCUT2D eigenvalue weighted by molar-refractivity contribution is 14.0. The molecule has 2 fully saturated rings. The first-order chi connectivity index (χ1) is 15.1. The normalized spacial score (nSPS) is 20.3. The summed E-state index contributed by atoms with van der Waals surface area (Å²) in [5.74, 6) is 0.752. The summed E-state index contributed by atoms with van der Waals surface area (Å²) < 4.78 is 5.83. The Morgan fingerprint density at radius 1 is 1.16 bits per heavy atom. The Labute approximate surface area is 210 Å². The lowest BCUT2D eigenvalue weighted by molar-refractivity contribution is -0.127. The van der Waals surface area contributed by atoms with Crippen LogP contribution in [0.3, 0.4) is 0 Å². The number of piperidine rings is 1. The van der Waals surface area contributed by atoms with Crippen molar-refractivity contribution in [3.63, 3.8) is 0 Å². The van der Waals surface area contributed by atoms with Gasteiger partial charge in [-0.1, -0.05) is 30.3 Å². The van der Waals surface area contributed by atoms with E-state index in [1.807, 2.05) is 0 Å². The topological polar surface area (TPSA) is 69.2 Å². The molecule has 2 N–H and O–H groups in total. The highest BCUT2D eigenvalue weighted by Gasteiger charge is 2.21. The van der Waals surface area contributed by atoms with Crippen molar-refractivity contribution in [3.05, 3.63) is 35.9 Å². The maximum absolute atomic E-state index is 12.0. The number of guanidine groups is 1. The van der Waals surface area contributed by atoms with E-state index in [4.69, 9.17) is 4.74 Å². The van der Waals surface area contributed by atoms with Crippen LogP contribution in [-0.2, 0) is 16.1 Å². The maximum atomic E-state index is 12.0. The van der Waals surface area contributed by atoms with Crippen molar-refractivity contribution < 1.29 is 9.53 Å². The van der Waals surface area contributed by atoms with Crippen LogP contribution in [0.4, 0.5) is 0 Å². The van der Waals surface area contributed by atoms with Crippen molar-refractivity contribution in [3.8, 4) is 0 Å². The van der Waals surface area contributed by atoms with Gasteiger partial charge in [-0.2, -0.15) is 0 Å². The summed E-state index contributed by atoms with van der Waals surface area (Å²) >= 11 is 0. The van der Waals surface area contributed by atoms with Gasteiger partial charge in [0.15, 0.2) is 5.96 Å². The number of likely N-dealkylation sites (tertiary alicyclic amines) is 1. The van der Waals surface area contributed by atoms with Crippen LogP contribution in [0, 0.1) is 0 Å². The fraction of sp³-hybridized carbons (Fsp3) is 0.667. The molecular weight excluding hydrogens is 517 g/mol. The van der Waals surface area contributed by atoms with E-state index in [1.54, 1.807) is 19.0 Å². The molecule has 180 valence electrons. The fourth-order valence-electron chi connectivity index (χ4n) is 4.10. The minimum atomic E-state index is 0. The third-order valence-electron chi connectivity index (χ3n) is 6.08. The number of hydrogen-bond donors (Lipinski definition) is 2. The molecule has 1 aromatic rings. The van der Waals surface area contributed by atoms with Crippen molar-refractivity contribution in [2.45, 2.75) is 57.2 Å². The predicted molar refractivity (Wildman–Crippen MR) is 140 cm³/mol. The van der Waals surface area contributed by atoms with E-state index < -0.39 is 0 Å². The first-order valence-corrected chi connectivity index (χ1v) is 11.7. The lowest BCUT2D eigenvalue weighted by Gasteiger charge is -2.33. The highest BCUT2D eigenvalue weighted by atomic mass is 127. The predicted octanol–water partition coefficient (Wildman–Crippen LogP) is 2.85. The first-order valence-electron chi connectivity index (χ1n) is 11.7. The summed E-state index contributed by atoms with van der Waals surface area (Å²) in [6.45, 7) is 4.97. The maximum Gasteiger partial charge on any atom is 0.243 e. The zero-order valence-corrected chi connectivity index (χ0v) is 21.9. The summed E-state index contributed by atoms with van der Waals surface area (Å²) in [6.07, 6.45) is 7.02. The van der Waals surface area contributed by atoms with Gasteiger partial charge in [0.2, 0.25) is 5.91 Å². The minimum Gasteiger partial charge on any atom is -0.378 e. The van der Waals surface area contributed by atoms with Crippen LogP contribution < -0.4 is 10.6 Å². The number of hydrogen-bond acceptors (Lipinski definition) is 4. The molecule has 0 bridgehead atoms. The Balaban J connectivity index is 0.00000363. The van der Waals surface area contributed by atoms with Gasteiger partial charge in [0.1, 0.15) is 6.54 Å². The third kappa shape index (κ3) is 9.62. The van der Waals surface area contributed by atoms with Gasteiger partial charge in [0.25, 0.3) is 0 Å². The van der Waals surface area contributed by atoms with E-state index in [9.17, 15) is 4.79 Å². The number of nitrogens with one attached hydrogen (secondary N) is 2. The van der Waals surface area contributed by atoms with Crippen molar-refractivity contribution in [1.29, 1.82) is 0 Å². The van der Waals surface area contributed by atoms with Crippen molar-refractivity contribution in [2.24, 2.45) is 4.99 Å². The van der Waals surface area contributed by atoms with Crippen LogP contribution in [0.1, 0.15) is 44.1 Å². The zero-order chi connectivity index (χ0) is 21.9. The SMILES string of the molecule is CN(C)C(=O)CN=C(NCCC1CCCCO1)NC1CCN(Cc2ccccc2)CC1.I. The second-order valence-corrected chi connectivity index (χ2v) is 8.84. The molecule has 1 unspecified atom stereocenters. The number of carbonyl (C=O) groups excluding carboxylic acids is 1. The number of aliphatic imine (C=N–C) groups is 1. The molecule has 2 aliphatic heterocycles. The Morgan fingerprint density at radius 3 is 2.56 bits per heavy atom. The van der Waals surface area contributed by atoms with Gasteiger partial charge < -0.3 is 20.3 Å². The summed E-state index contributed by atoms with van der Waals surface area (Å²) in [7, 11) is 3.53. The Bertz CT molecular complexity index is 687. The standard InChI is InChI=1S/C24H39N5O2.HI/c1-28(2)23(30)18-26-24(25-14-11-22-10-6-7-17-31-22)27-21-12-15-29(16-13-21)19-20-8-4-3-5-9-20;/h3-5,8-9,21-22H,6-7,10-19H2,1-2H3,(H2,25,26,27);1H. The average Bonchev–Trinajstić information content (AvgIpc) is 2.79. The molecule has 8 heteroatoms. The second-order valence-electron chi connectivity index (χ2n) is 8.84. The number of nitrogens with zero attached hydrogens (tertiary/aromatic N) is 3. The monoisotopic (exact) mass is 557 g/mol. The zero-order valence-electron chi connectivity index (χ0n) is 19.6. The molecule has 2 saturated heterocycles. The first kappa shape index (κ1) is 26.9. The van der Waals surface area contributed by atoms with Gasteiger partial charge in [0.05, 0.1) is 6.10 Å². The molecule has 1 amide bonds. The van der Waals surface area contributed by atoms with E-state index in [0.717, 1.165) is 64.4 Å². The van der Waals surface area contributed by atoms with Crippen LogP contribution in [0.15, 0.2) is 35.3 Å². The van der Waals surface area contributed by atoms with Gasteiger partial charge in [-0.15, -0.1) is 24.0 Å². The Hall–Kier alpha value is -1.39. The highest BCUT2D eigenvalue weighted by Crippen LogP contribution is 2.15. The minimum absolute atomic E-state index is 0. The van der Waals surface area contributed by atoms with Crippen LogP contribution in [0.25, 0.3) is 0 Å². The van der Waals surface area contributed by atoms with E-state index in [1.165, 1.54) is 18.4 Å². The molecule has 1 atom stereocenters. The van der Waals surface area contributed by atoms with Gasteiger partial charge in [-0.05, 0) is 44.1 Å². The Kier molecular flexibility index (Phi) is 12.3. The molecule has 32 heavy (non-hydrogen) atoms. The summed E-state index contributed by atoms with van der Waals surface area (Å²) in [5.41, 5.74) is 1.37. The molecule has 0 aromatic heterocycles. The lowest BCUT2D eigenvalue weighted by Crippen LogP contribution is -2.49. The van der Waals surface area contributed by atoms with Crippen LogP contribution >= 0.6 is 24.0 Å². The van der Waals surface area contributed by atoms with E-state index in [0.29, 0.717) is 12.1 Å². The molecule has 0 radical (unpaired) electrons. The smallest absolute Gasteiger partial charge is 0.243 e. The van der Waals surface area contributed by atoms with E-state index in [-0.39, 0.29) is 36.4 Å². The van der Waals surface area contributed by atoms with Crippen LogP contribution in [-0.4, -0.2) is 80.7 Å². The van der Waals surface area contributed by atoms with Crippen molar-refractivity contribution in [1.82, 2.24) is 20.4 Å². The second kappa shape index (κ2) is 14.7. The average molecular weight is 558 g/mol. The summed E-state index contributed by atoms with van der Waals surface area (Å²) in [6, 6.07) is 11.0. The van der Waals surface area contributed by atoms with Crippen molar-refractivity contribution >= 4 is 35.8 Å². The molecular formula is C24H40IN5O2. The number of likely N-dealkylation sites (N-methyl/N-ethyl adjacent to an activating group) is 1. The quantitative estimate of drug-likeness (QED) is 0.293. The molecule has 0 spiro atoms. The molecule has 0 aliphatic carbocycles. The number of carbonyl (C=O) groups is 1. The van der Waals surface area contributed by atoms with Crippen molar-refractivity contribution in [2.75, 3.05) is 46.9 Å². The van der Waals surface area contributed by atoms with Gasteiger partial charge in [-0.3, -0.25) is 9.69 Å². The number of ether oxygens (including phenoxy) is 1. The molecule has 3 rings (SSSR count). The number of amides is 1. The van der Waals surface area contributed by atoms with Gasteiger partial charge >= 0.3 is 0 Å². The molecule has 7 nitrogen and oxygen atoms in total. The van der Waals surface area contributed by atoms with Gasteiger partial charge in [0, 0.05) is 52.9 Å². The fourth-order valence-corrected chi connectivity index (χ4v) is 4.10. The number of halogens is 1. The molecule has 2 heterocycles. The van der Waals surface area contributed by atoms with Gasteiger partial charge in [-0.25, -0.2) is 4.99 Å². The van der Waals surface area contributed by atoms with E-state index >= 15 is 0 Å². The van der Waals surface area contributed by atoms with Crippen LogP contribution in [0.2, 0.25) is 0 Å². The van der Waals surface area contributed by atoms with E-state index in [2.05, 4.69) is 50.9 Å². The molecule has 1 aromatic carbocycles. The van der Waals surface area contributed by atoms with Crippen LogP contribution in [0.5, 0.6) is 0 Å². The lowest BCUT2D eigenvalue weighted by atomic mass is 10.0. The number of benzene rings is 1. The molecule has 2 aliphatic rings. The molecule has 0 saturated carbocycles. The Morgan fingerprint density at radius 2 is 1.91 bits per heavy atom.